The molecule has 4 heteroatoms. The molecular weight excluding hydrogens is 276 g/mol. The zero-order valence-electron chi connectivity index (χ0n) is 13.9. The van der Waals surface area contributed by atoms with Gasteiger partial charge in [-0.25, -0.2) is 0 Å². The number of rotatable bonds is 5. The van der Waals surface area contributed by atoms with E-state index in [4.69, 9.17) is 0 Å². The minimum atomic E-state index is -0.155. The first-order valence-corrected chi connectivity index (χ1v) is 8.26. The van der Waals surface area contributed by atoms with Gasteiger partial charge in [-0.15, -0.1) is 0 Å². The maximum Gasteiger partial charge on any atom is 0.227 e. The lowest BCUT2D eigenvalue weighted by Crippen LogP contribution is -2.35. The molecule has 2 N–H and O–H groups in total. The van der Waals surface area contributed by atoms with Crippen molar-refractivity contribution in [1.29, 1.82) is 0 Å². The summed E-state index contributed by atoms with van der Waals surface area (Å²) in [5.41, 5.74) is 2.05. The predicted molar refractivity (Wildman–Crippen MR) is 89.6 cm³/mol. The van der Waals surface area contributed by atoms with Crippen LogP contribution in [0.2, 0.25) is 0 Å². The summed E-state index contributed by atoms with van der Waals surface area (Å²) in [5, 5.41) is 12.7. The van der Waals surface area contributed by atoms with Crippen LogP contribution in [-0.4, -0.2) is 35.1 Å². The third kappa shape index (κ3) is 4.55. The molecule has 0 saturated carbocycles. The van der Waals surface area contributed by atoms with Crippen LogP contribution in [-0.2, 0) is 11.3 Å². The number of nitrogens with zero attached hydrogens (tertiary/aromatic N) is 1. The predicted octanol–water partition coefficient (Wildman–Crippen LogP) is 2.87. The van der Waals surface area contributed by atoms with E-state index in [-0.39, 0.29) is 17.9 Å². The highest BCUT2D eigenvalue weighted by Crippen LogP contribution is 2.21. The van der Waals surface area contributed by atoms with Crippen LogP contribution in [0.5, 0.6) is 0 Å². The highest BCUT2D eigenvalue weighted by Gasteiger charge is 2.20. The fourth-order valence-corrected chi connectivity index (χ4v) is 2.65. The number of likely N-dealkylation sites (tertiary alicyclic amines) is 1. The van der Waals surface area contributed by atoms with E-state index < -0.39 is 0 Å². The summed E-state index contributed by atoms with van der Waals surface area (Å²) in [6.07, 6.45) is 1.51. The second kappa shape index (κ2) is 7.75. The van der Waals surface area contributed by atoms with Gasteiger partial charge in [-0.05, 0) is 30.4 Å². The van der Waals surface area contributed by atoms with E-state index in [0.717, 1.165) is 43.7 Å². The second-order valence-corrected chi connectivity index (χ2v) is 6.69. The lowest BCUT2D eigenvalue weighted by atomic mass is 9.97. The van der Waals surface area contributed by atoms with Crippen molar-refractivity contribution in [2.75, 3.05) is 18.4 Å². The van der Waals surface area contributed by atoms with E-state index in [1.54, 1.807) is 0 Å². The third-order valence-electron chi connectivity index (χ3n) is 4.64. The Labute approximate surface area is 133 Å². The number of aliphatic hydroxyl groups excluding tert-OH is 1. The van der Waals surface area contributed by atoms with Crippen LogP contribution in [0.15, 0.2) is 24.3 Å². The van der Waals surface area contributed by atoms with E-state index in [1.165, 1.54) is 0 Å². The number of amides is 1. The average Bonchev–Trinajstić information content (AvgIpc) is 2.50. The van der Waals surface area contributed by atoms with Gasteiger partial charge in [0.1, 0.15) is 0 Å². The molecule has 0 aliphatic carbocycles. The van der Waals surface area contributed by atoms with Crippen LogP contribution < -0.4 is 5.32 Å². The summed E-state index contributed by atoms with van der Waals surface area (Å²) in [5.74, 6) is 0.408. The fourth-order valence-electron chi connectivity index (χ4n) is 2.65. The number of nitrogens with one attached hydrogen (secondary N) is 1. The average molecular weight is 304 g/mol. The zero-order chi connectivity index (χ0) is 16.1. The molecule has 1 atom stereocenters. The Hall–Kier alpha value is -1.39. The van der Waals surface area contributed by atoms with E-state index in [2.05, 4.69) is 30.1 Å². The van der Waals surface area contributed by atoms with Gasteiger partial charge >= 0.3 is 0 Å². The SMILES string of the molecule is CC(C)C(C)C(=O)Nc1ccccc1CN1CCC(O)CC1. The lowest BCUT2D eigenvalue weighted by molar-refractivity contribution is -0.120. The molecule has 1 amide bonds. The van der Waals surface area contributed by atoms with E-state index in [0.29, 0.717) is 5.92 Å². The highest BCUT2D eigenvalue weighted by molar-refractivity contribution is 5.93. The molecule has 0 aromatic heterocycles. The molecule has 0 radical (unpaired) electrons. The van der Waals surface area contributed by atoms with Crippen LogP contribution >= 0.6 is 0 Å². The third-order valence-corrected chi connectivity index (χ3v) is 4.64. The van der Waals surface area contributed by atoms with Crippen molar-refractivity contribution in [2.45, 2.75) is 46.3 Å². The molecule has 1 unspecified atom stereocenters. The summed E-state index contributed by atoms with van der Waals surface area (Å²) >= 11 is 0. The van der Waals surface area contributed by atoms with Crippen molar-refractivity contribution in [3.8, 4) is 0 Å². The molecular formula is C18H28N2O2. The van der Waals surface area contributed by atoms with Crippen LogP contribution in [0.3, 0.4) is 0 Å². The van der Waals surface area contributed by atoms with Gasteiger partial charge in [-0.2, -0.15) is 0 Å². The van der Waals surface area contributed by atoms with Crippen molar-refractivity contribution in [1.82, 2.24) is 4.90 Å². The topological polar surface area (TPSA) is 52.6 Å². The molecule has 0 bridgehead atoms. The molecule has 122 valence electrons. The quantitative estimate of drug-likeness (QED) is 0.879. The van der Waals surface area contributed by atoms with Gasteiger partial charge in [-0.1, -0.05) is 39.0 Å². The molecule has 1 saturated heterocycles. The van der Waals surface area contributed by atoms with Gasteiger partial charge in [0.2, 0.25) is 5.91 Å². The number of anilines is 1. The number of aliphatic hydroxyl groups is 1. The number of carbonyl (C=O) groups is 1. The largest absolute Gasteiger partial charge is 0.393 e. The van der Waals surface area contributed by atoms with Crippen molar-refractivity contribution in [3.05, 3.63) is 29.8 Å². The Morgan fingerprint density at radius 3 is 2.55 bits per heavy atom. The summed E-state index contributed by atoms with van der Waals surface area (Å²) < 4.78 is 0. The number of carbonyl (C=O) groups excluding carboxylic acids is 1. The second-order valence-electron chi connectivity index (χ2n) is 6.69. The summed E-state index contributed by atoms with van der Waals surface area (Å²) in [4.78, 5) is 14.6. The van der Waals surface area contributed by atoms with E-state index in [9.17, 15) is 9.90 Å². The molecule has 1 heterocycles. The summed E-state index contributed by atoms with van der Waals surface area (Å²) in [6.45, 7) is 8.73. The van der Waals surface area contributed by atoms with Crippen LogP contribution in [0.1, 0.15) is 39.2 Å². The van der Waals surface area contributed by atoms with Crippen LogP contribution in [0.4, 0.5) is 5.69 Å². The summed E-state index contributed by atoms with van der Waals surface area (Å²) in [6, 6.07) is 8.01. The number of hydrogen-bond acceptors (Lipinski definition) is 3. The van der Waals surface area contributed by atoms with Gasteiger partial charge in [0, 0.05) is 31.2 Å². The summed E-state index contributed by atoms with van der Waals surface area (Å²) in [7, 11) is 0. The monoisotopic (exact) mass is 304 g/mol. The number of hydrogen-bond donors (Lipinski definition) is 2. The van der Waals surface area contributed by atoms with Crippen LogP contribution in [0, 0.1) is 11.8 Å². The van der Waals surface area contributed by atoms with Gasteiger partial charge in [-0.3, -0.25) is 9.69 Å². The highest BCUT2D eigenvalue weighted by atomic mass is 16.3. The fraction of sp³-hybridized carbons (Fsp3) is 0.611. The molecule has 1 fully saturated rings. The van der Waals surface area contributed by atoms with Gasteiger partial charge in [0.05, 0.1) is 6.10 Å². The molecule has 1 aromatic carbocycles. The Morgan fingerprint density at radius 2 is 1.91 bits per heavy atom. The molecule has 22 heavy (non-hydrogen) atoms. The number of piperidine rings is 1. The minimum absolute atomic E-state index is 0.00168. The zero-order valence-corrected chi connectivity index (χ0v) is 13.9. The normalized spacial score (nSPS) is 18.4. The van der Waals surface area contributed by atoms with E-state index in [1.807, 2.05) is 25.1 Å². The maximum absolute atomic E-state index is 12.3. The van der Waals surface area contributed by atoms with Crippen molar-refractivity contribution >= 4 is 11.6 Å². The maximum atomic E-state index is 12.3. The van der Waals surface area contributed by atoms with Crippen molar-refractivity contribution in [2.24, 2.45) is 11.8 Å². The molecule has 1 aliphatic heterocycles. The van der Waals surface area contributed by atoms with E-state index >= 15 is 0 Å². The Kier molecular flexibility index (Phi) is 5.98. The lowest BCUT2D eigenvalue weighted by Gasteiger charge is -2.30. The van der Waals surface area contributed by atoms with Gasteiger partial charge in [0.15, 0.2) is 0 Å². The Morgan fingerprint density at radius 1 is 1.27 bits per heavy atom. The molecule has 4 nitrogen and oxygen atoms in total. The first-order chi connectivity index (χ1) is 10.5. The molecule has 0 spiro atoms. The molecule has 1 aliphatic rings. The van der Waals surface area contributed by atoms with Crippen LogP contribution in [0.25, 0.3) is 0 Å². The Balaban J connectivity index is 2.02. The standard InChI is InChI=1S/C18H28N2O2/c1-13(2)14(3)18(22)19-17-7-5-4-6-15(17)12-20-10-8-16(21)9-11-20/h4-7,13-14,16,21H,8-12H2,1-3H3,(H,19,22). The molecule has 2 rings (SSSR count). The first-order valence-electron chi connectivity index (χ1n) is 8.26. The van der Waals surface area contributed by atoms with Gasteiger partial charge < -0.3 is 10.4 Å². The van der Waals surface area contributed by atoms with Crippen molar-refractivity contribution < 1.29 is 9.90 Å². The van der Waals surface area contributed by atoms with Crippen molar-refractivity contribution in [3.63, 3.8) is 0 Å². The first kappa shape index (κ1) is 17.0. The Bertz CT molecular complexity index is 494. The number of benzene rings is 1. The molecule has 1 aromatic rings. The number of para-hydroxylation sites is 1. The van der Waals surface area contributed by atoms with Gasteiger partial charge in [0.25, 0.3) is 0 Å². The smallest absolute Gasteiger partial charge is 0.227 e. The minimum Gasteiger partial charge on any atom is -0.393 e.